The first kappa shape index (κ1) is 14.3. The first-order valence-electron chi connectivity index (χ1n) is 7.19. The maximum Gasteiger partial charge on any atom is 0.333 e. The van der Waals surface area contributed by atoms with Crippen molar-refractivity contribution in [2.24, 2.45) is 23.7 Å². The van der Waals surface area contributed by atoms with Crippen LogP contribution in [0, 0.1) is 23.7 Å². The Hall–Kier alpha value is -0.640. The second-order valence-electron chi connectivity index (χ2n) is 6.66. The lowest BCUT2D eigenvalue weighted by molar-refractivity contribution is -0.148. The highest BCUT2D eigenvalue weighted by Gasteiger charge is 2.59. The van der Waals surface area contributed by atoms with Crippen LogP contribution in [0.1, 0.15) is 32.6 Å². The Bertz CT molecular complexity index is 496. The van der Waals surface area contributed by atoms with E-state index >= 15 is 0 Å². The molecule has 3 fully saturated rings. The summed E-state index contributed by atoms with van der Waals surface area (Å²) >= 11 is 0. The maximum atomic E-state index is 11.6. The number of hydrogen-bond acceptors (Lipinski definition) is 3. The van der Waals surface area contributed by atoms with Crippen molar-refractivity contribution in [3.05, 3.63) is 12.2 Å². The van der Waals surface area contributed by atoms with Gasteiger partial charge < -0.3 is 14.5 Å². The molecule has 2 N–H and O–H groups in total. The molecule has 3 saturated carbocycles. The Morgan fingerprint density at radius 3 is 2.40 bits per heavy atom. The average molecular weight is 300 g/mol. The van der Waals surface area contributed by atoms with Crippen molar-refractivity contribution in [2.45, 2.75) is 44.4 Å². The molecule has 0 spiro atoms. The number of carbonyl (C=O) groups excluding carboxylic acids is 1. The van der Waals surface area contributed by atoms with Gasteiger partial charge in [0.25, 0.3) is 0 Å². The molecule has 5 nitrogen and oxygen atoms in total. The lowest BCUT2D eigenvalue weighted by Gasteiger charge is -2.31. The number of fused-ring (bicyclic) bond motifs is 5. The van der Waals surface area contributed by atoms with E-state index in [1.54, 1.807) is 6.92 Å². The molecule has 3 aliphatic rings. The second-order valence-corrected chi connectivity index (χ2v) is 8.57. The van der Waals surface area contributed by atoms with E-state index in [1.807, 2.05) is 0 Å². The third-order valence-corrected chi connectivity index (χ3v) is 6.84. The summed E-state index contributed by atoms with van der Waals surface area (Å²) in [5.41, 5.74) is -0.0813. The van der Waals surface area contributed by atoms with Gasteiger partial charge in [0.1, 0.15) is 6.10 Å². The minimum Gasteiger partial charge on any atom is -0.459 e. The van der Waals surface area contributed by atoms with E-state index in [1.165, 1.54) is 0 Å². The molecule has 112 valence electrons. The van der Waals surface area contributed by atoms with Crippen molar-refractivity contribution in [1.29, 1.82) is 0 Å². The predicted molar refractivity (Wildman–Crippen MR) is 73.0 cm³/mol. The second kappa shape index (κ2) is 4.69. The highest BCUT2D eigenvalue weighted by atomic mass is 31.2. The Kier molecular flexibility index (Phi) is 3.35. The van der Waals surface area contributed by atoms with E-state index < -0.39 is 13.3 Å². The van der Waals surface area contributed by atoms with Crippen LogP contribution in [-0.2, 0) is 14.1 Å². The van der Waals surface area contributed by atoms with Crippen molar-refractivity contribution in [3.8, 4) is 0 Å². The first-order valence-corrected chi connectivity index (χ1v) is 8.87. The zero-order chi connectivity index (χ0) is 14.7. The molecule has 3 aliphatic carbocycles. The molecule has 2 bridgehead atoms. The minimum atomic E-state index is -3.98. The predicted octanol–water partition coefficient (Wildman–Crippen LogP) is 2.09. The first-order chi connectivity index (χ1) is 9.27. The molecule has 0 aromatic heterocycles. The van der Waals surface area contributed by atoms with Gasteiger partial charge in [-0.2, -0.15) is 0 Å². The van der Waals surface area contributed by atoms with Gasteiger partial charge in [-0.05, 0) is 56.3 Å². The SMILES string of the molecule is C=C(C)C(=O)OC1CC2CC1C1CC(P(=O)(O)O)CC21. The van der Waals surface area contributed by atoms with Crippen LogP contribution in [0.5, 0.6) is 0 Å². The number of ether oxygens (including phenoxy) is 1. The van der Waals surface area contributed by atoms with E-state index in [9.17, 15) is 19.1 Å². The summed E-state index contributed by atoms with van der Waals surface area (Å²) in [4.78, 5) is 30.4. The average Bonchev–Trinajstić information content (AvgIpc) is 2.96. The third kappa shape index (κ3) is 2.26. The van der Waals surface area contributed by atoms with Crippen LogP contribution >= 0.6 is 7.60 Å². The third-order valence-electron chi connectivity index (χ3n) is 5.46. The molecule has 0 saturated heterocycles. The summed E-state index contributed by atoms with van der Waals surface area (Å²) in [6.07, 6.45) is 3.02. The Balaban J connectivity index is 1.69. The summed E-state index contributed by atoms with van der Waals surface area (Å²) in [5, 5.41) is 0. The minimum absolute atomic E-state index is 0.0824. The largest absolute Gasteiger partial charge is 0.459 e. The van der Waals surface area contributed by atoms with Crippen molar-refractivity contribution in [3.63, 3.8) is 0 Å². The molecule has 3 rings (SSSR count). The van der Waals surface area contributed by atoms with E-state index in [2.05, 4.69) is 6.58 Å². The fourth-order valence-electron chi connectivity index (χ4n) is 4.63. The standard InChI is InChI=1S/C14H21O5P/c1-7(2)14(15)19-13-4-8-3-12(13)11-6-9(5-10(8)11)20(16,17)18/h8-13H,1,3-6H2,2H3,(H2,16,17,18). The molecule has 0 aliphatic heterocycles. The van der Waals surface area contributed by atoms with E-state index in [4.69, 9.17) is 4.74 Å². The summed E-state index contributed by atoms with van der Waals surface area (Å²) < 4.78 is 16.9. The van der Waals surface area contributed by atoms with Crippen LogP contribution < -0.4 is 0 Å². The maximum absolute atomic E-state index is 11.6. The molecule has 6 unspecified atom stereocenters. The fraction of sp³-hybridized carbons (Fsp3) is 0.786. The van der Waals surface area contributed by atoms with Crippen LogP contribution in [0.15, 0.2) is 12.2 Å². The molecule has 20 heavy (non-hydrogen) atoms. The molecular formula is C14H21O5P. The van der Waals surface area contributed by atoms with Crippen LogP contribution in [0.4, 0.5) is 0 Å². The summed E-state index contributed by atoms with van der Waals surface area (Å²) in [6.45, 7) is 5.23. The molecule has 6 heteroatoms. The number of esters is 1. The molecule has 6 atom stereocenters. The topological polar surface area (TPSA) is 83.8 Å². The molecule has 0 amide bonds. The van der Waals surface area contributed by atoms with Gasteiger partial charge in [0.15, 0.2) is 0 Å². The van der Waals surface area contributed by atoms with Gasteiger partial charge in [0.2, 0.25) is 0 Å². The Morgan fingerprint density at radius 1 is 1.15 bits per heavy atom. The van der Waals surface area contributed by atoms with Gasteiger partial charge in [-0.3, -0.25) is 4.57 Å². The van der Waals surface area contributed by atoms with Crippen molar-refractivity contribution >= 4 is 13.6 Å². The lowest BCUT2D eigenvalue weighted by atomic mass is 9.80. The van der Waals surface area contributed by atoms with Gasteiger partial charge >= 0.3 is 13.6 Å². The van der Waals surface area contributed by atoms with Gasteiger partial charge in [0, 0.05) is 5.57 Å². The van der Waals surface area contributed by atoms with Crippen LogP contribution in [-0.4, -0.2) is 27.5 Å². The Morgan fingerprint density at radius 2 is 1.80 bits per heavy atom. The van der Waals surface area contributed by atoms with Crippen molar-refractivity contribution in [2.75, 3.05) is 0 Å². The fourth-order valence-corrected chi connectivity index (χ4v) is 5.66. The van der Waals surface area contributed by atoms with E-state index in [0.29, 0.717) is 36.2 Å². The molecule has 0 heterocycles. The molecular weight excluding hydrogens is 279 g/mol. The quantitative estimate of drug-likeness (QED) is 0.473. The molecule has 0 aromatic rings. The van der Waals surface area contributed by atoms with Gasteiger partial charge in [0.05, 0.1) is 5.66 Å². The van der Waals surface area contributed by atoms with Crippen molar-refractivity contribution in [1.82, 2.24) is 0 Å². The summed E-state index contributed by atoms with van der Waals surface area (Å²) in [5.74, 6) is 1.13. The van der Waals surface area contributed by atoms with Gasteiger partial charge in [-0.25, -0.2) is 4.79 Å². The monoisotopic (exact) mass is 300 g/mol. The van der Waals surface area contributed by atoms with Gasteiger partial charge in [-0.15, -0.1) is 0 Å². The van der Waals surface area contributed by atoms with E-state index in [0.717, 1.165) is 12.8 Å². The van der Waals surface area contributed by atoms with Gasteiger partial charge in [-0.1, -0.05) is 6.58 Å². The smallest absolute Gasteiger partial charge is 0.333 e. The zero-order valence-corrected chi connectivity index (χ0v) is 12.5. The van der Waals surface area contributed by atoms with Crippen LogP contribution in [0.2, 0.25) is 0 Å². The molecule has 0 radical (unpaired) electrons. The normalized spacial score (nSPS) is 42.5. The van der Waals surface area contributed by atoms with Crippen molar-refractivity contribution < 1.29 is 23.9 Å². The molecule has 0 aromatic carbocycles. The summed E-state index contributed by atoms with van der Waals surface area (Å²) in [7, 11) is -3.98. The number of rotatable bonds is 3. The number of carbonyl (C=O) groups is 1. The highest BCUT2D eigenvalue weighted by molar-refractivity contribution is 7.52. The zero-order valence-electron chi connectivity index (χ0n) is 11.6. The van der Waals surface area contributed by atoms with Crippen LogP contribution in [0.25, 0.3) is 0 Å². The number of hydrogen-bond donors (Lipinski definition) is 2. The van der Waals surface area contributed by atoms with E-state index in [-0.39, 0.29) is 18.0 Å². The van der Waals surface area contributed by atoms with Crippen LogP contribution in [0.3, 0.4) is 0 Å². The lowest BCUT2D eigenvalue weighted by Crippen LogP contribution is -2.32. The summed E-state index contributed by atoms with van der Waals surface area (Å²) in [6, 6.07) is 0. The Labute approximate surface area is 118 Å². The highest BCUT2D eigenvalue weighted by Crippen LogP contribution is 2.64.